The first-order valence-corrected chi connectivity index (χ1v) is 11.4. The minimum absolute atomic E-state index is 0.0106. The number of carbonyl (C=O) groups excluding carboxylic acids is 2. The maximum atomic E-state index is 13.1. The number of thioether (sulfide) groups is 1. The van der Waals surface area contributed by atoms with Gasteiger partial charge in [-0.1, -0.05) is 36.8 Å². The number of ether oxygens (including phenoxy) is 1. The molecule has 0 fully saturated rings. The van der Waals surface area contributed by atoms with Crippen molar-refractivity contribution < 1.29 is 14.3 Å². The number of nitrogens with zero attached hydrogens (tertiary/aromatic N) is 1. The highest BCUT2D eigenvalue weighted by Gasteiger charge is 2.28. The Labute approximate surface area is 184 Å². The average molecular weight is 429 g/mol. The Balaban J connectivity index is 2.10. The van der Waals surface area contributed by atoms with Gasteiger partial charge in [0.25, 0.3) is 0 Å². The van der Waals surface area contributed by atoms with Crippen molar-refractivity contribution in [3.05, 3.63) is 59.7 Å². The zero-order chi connectivity index (χ0) is 21.9. The Hall–Kier alpha value is -2.47. The summed E-state index contributed by atoms with van der Waals surface area (Å²) in [6.07, 6.45) is 0.948. The van der Waals surface area contributed by atoms with Gasteiger partial charge >= 0.3 is 0 Å². The third-order valence-electron chi connectivity index (χ3n) is 4.85. The van der Waals surface area contributed by atoms with Crippen LogP contribution in [0.4, 0.5) is 0 Å². The first-order chi connectivity index (χ1) is 14.5. The molecule has 0 bridgehead atoms. The molecule has 0 saturated carbocycles. The highest BCUT2D eigenvalue weighted by molar-refractivity contribution is 7.99. The van der Waals surface area contributed by atoms with Gasteiger partial charge in [0.15, 0.2) is 0 Å². The molecule has 2 aromatic rings. The van der Waals surface area contributed by atoms with Gasteiger partial charge in [0.1, 0.15) is 11.8 Å². The summed E-state index contributed by atoms with van der Waals surface area (Å²) in [5, 5.41) is 2.87. The lowest BCUT2D eigenvalue weighted by Crippen LogP contribution is -2.49. The van der Waals surface area contributed by atoms with E-state index >= 15 is 0 Å². The van der Waals surface area contributed by atoms with Crippen molar-refractivity contribution in [2.75, 3.05) is 19.4 Å². The summed E-state index contributed by atoms with van der Waals surface area (Å²) in [4.78, 5) is 28.6. The number of rotatable bonds is 11. The van der Waals surface area contributed by atoms with Crippen LogP contribution in [0.3, 0.4) is 0 Å². The SMILES string of the molecule is CCNC(=O)C(CC)N(Cc1ccc(OC)cc1)C(=O)CCSc1ccc(C)cc1. The minimum atomic E-state index is -0.482. The monoisotopic (exact) mass is 428 g/mol. The van der Waals surface area contributed by atoms with Gasteiger partial charge in [-0.3, -0.25) is 9.59 Å². The summed E-state index contributed by atoms with van der Waals surface area (Å²) in [6, 6.07) is 15.4. The fraction of sp³-hybridized carbons (Fsp3) is 0.417. The van der Waals surface area contributed by atoms with Crippen LogP contribution < -0.4 is 10.1 Å². The zero-order valence-electron chi connectivity index (χ0n) is 18.3. The second kappa shape index (κ2) is 12.3. The van der Waals surface area contributed by atoms with Crippen LogP contribution in [0.1, 0.15) is 37.8 Å². The van der Waals surface area contributed by atoms with E-state index in [9.17, 15) is 9.59 Å². The summed E-state index contributed by atoms with van der Waals surface area (Å²) < 4.78 is 5.22. The largest absolute Gasteiger partial charge is 0.497 e. The van der Waals surface area contributed by atoms with Gasteiger partial charge in [0, 0.05) is 30.2 Å². The molecule has 2 amide bonds. The van der Waals surface area contributed by atoms with Gasteiger partial charge in [-0.25, -0.2) is 0 Å². The average Bonchev–Trinajstić information content (AvgIpc) is 2.75. The first-order valence-electron chi connectivity index (χ1n) is 10.4. The second-order valence-corrected chi connectivity index (χ2v) is 8.27. The Morgan fingerprint density at radius 1 is 1.07 bits per heavy atom. The maximum Gasteiger partial charge on any atom is 0.242 e. The van der Waals surface area contributed by atoms with E-state index < -0.39 is 6.04 Å². The third-order valence-corrected chi connectivity index (χ3v) is 5.87. The molecular formula is C24H32N2O3S. The molecule has 0 aliphatic heterocycles. The van der Waals surface area contributed by atoms with E-state index in [4.69, 9.17) is 4.74 Å². The molecule has 0 heterocycles. The topological polar surface area (TPSA) is 58.6 Å². The van der Waals surface area contributed by atoms with Crippen LogP contribution in [0.15, 0.2) is 53.4 Å². The van der Waals surface area contributed by atoms with Crippen molar-refractivity contribution >= 4 is 23.6 Å². The predicted octanol–water partition coefficient (Wildman–Crippen LogP) is 4.43. The molecule has 1 unspecified atom stereocenters. The summed E-state index contributed by atoms with van der Waals surface area (Å²) in [5.74, 6) is 1.32. The zero-order valence-corrected chi connectivity index (χ0v) is 19.1. The van der Waals surface area contributed by atoms with E-state index in [0.29, 0.717) is 31.7 Å². The lowest BCUT2D eigenvalue weighted by atomic mass is 10.1. The molecule has 0 radical (unpaired) electrons. The molecular weight excluding hydrogens is 396 g/mol. The van der Waals surface area contributed by atoms with Gasteiger partial charge in [0.2, 0.25) is 11.8 Å². The van der Waals surface area contributed by atoms with E-state index in [0.717, 1.165) is 16.2 Å². The van der Waals surface area contributed by atoms with Gasteiger partial charge in [-0.2, -0.15) is 0 Å². The maximum absolute atomic E-state index is 13.1. The van der Waals surface area contributed by atoms with E-state index in [1.165, 1.54) is 5.56 Å². The molecule has 0 spiro atoms. The highest BCUT2D eigenvalue weighted by atomic mass is 32.2. The fourth-order valence-electron chi connectivity index (χ4n) is 3.17. The van der Waals surface area contributed by atoms with Gasteiger partial charge in [-0.15, -0.1) is 11.8 Å². The second-order valence-electron chi connectivity index (χ2n) is 7.10. The molecule has 0 saturated heterocycles. The Morgan fingerprint density at radius 2 is 1.73 bits per heavy atom. The minimum Gasteiger partial charge on any atom is -0.497 e. The van der Waals surface area contributed by atoms with Crippen LogP contribution >= 0.6 is 11.8 Å². The van der Waals surface area contributed by atoms with Gasteiger partial charge < -0.3 is 15.0 Å². The molecule has 30 heavy (non-hydrogen) atoms. The van der Waals surface area contributed by atoms with Crippen molar-refractivity contribution in [2.24, 2.45) is 0 Å². The number of aryl methyl sites for hydroxylation is 1. The molecule has 0 aromatic heterocycles. The lowest BCUT2D eigenvalue weighted by molar-refractivity contribution is -0.141. The molecule has 162 valence electrons. The molecule has 2 aromatic carbocycles. The summed E-state index contributed by atoms with van der Waals surface area (Å²) in [6.45, 7) is 6.83. The lowest BCUT2D eigenvalue weighted by Gasteiger charge is -2.30. The number of benzene rings is 2. The number of hydrogen-bond acceptors (Lipinski definition) is 4. The summed E-state index contributed by atoms with van der Waals surface area (Å²) in [5.41, 5.74) is 2.19. The quantitative estimate of drug-likeness (QED) is 0.538. The fourth-order valence-corrected chi connectivity index (χ4v) is 4.01. The Morgan fingerprint density at radius 3 is 2.30 bits per heavy atom. The van der Waals surface area contributed by atoms with Crippen molar-refractivity contribution in [3.8, 4) is 5.75 Å². The van der Waals surface area contributed by atoms with Crippen LogP contribution in [0.2, 0.25) is 0 Å². The van der Waals surface area contributed by atoms with Crippen molar-refractivity contribution in [2.45, 2.75) is 51.1 Å². The summed E-state index contributed by atoms with van der Waals surface area (Å²) in [7, 11) is 1.62. The van der Waals surface area contributed by atoms with Crippen molar-refractivity contribution in [3.63, 3.8) is 0 Å². The van der Waals surface area contributed by atoms with E-state index in [-0.39, 0.29) is 11.8 Å². The molecule has 0 aliphatic rings. The highest BCUT2D eigenvalue weighted by Crippen LogP contribution is 2.21. The third kappa shape index (κ3) is 7.10. The van der Waals surface area contributed by atoms with Crippen LogP contribution in [-0.4, -0.2) is 42.2 Å². The first kappa shape index (κ1) is 23.8. The van der Waals surface area contributed by atoms with Crippen molar-refractivity contribution in [1.29, 1.82) is 0 Å². The molecule has 6 heteroatoms. The molecule has 2 rings (SSSR count). The van der Waals surface area contributed by atoms with E-state index in [1.54, 1.807) is 23.8 Å². The van der Waals surface area contributed by atoms with Crippen LogP contribution in [0, 0.1) is 6.92 Å². The van der Waals surface area contributed by atoms with E-state index in [2.05, 4.69) is 36.5 Å². The smallest absolute Gasteiger partial charge is 0.242 e. The number of likely N-dealkylation sites (N-methyl/N-ethyl adjacent to an activating group) is 1. The standard InChI is InChI=1S/C24H32N2O3S/c1-5-22(24(28)25-6-2)26(17-19-9-11-20(29-4)12-10-19)23(27)15-16-30-21-13-7-18(3)8-14-21/h7-14,22H,5-6,15-17H2,1-4H3,(H,25,28). The number of amides is 2. The Bertz CT molecular complexity index is 806. The van der Waals surface area contributed by atoms with Gasteiger partial charge in [-0.05, 0) is 50.1 Å². The molecule has 5 nitrogen and oxygen atoms in total. The van der Waals surface area contributed by atoms with Crippen LogP contribution in [0.25, 0.3) is 0 Å². The van der Waals surface area contributed by atoms with E-state index in [1.807, 2.05) is 38.1 Å². The van der Waals surface area contributed by atoms with Crippen LogP contribution in [-0.2, 0) is 16.1 Å². The molecule has 1 atom stereocenters. The predicted molar refractivity (Wildman–Crippen MR) is 123 cm³/mol. The number of methoxy groups -OCH3 is 1. The Kier molecular flexibility index (Phi) is 9.74. The van der Waals surface area contributed by atoms with Crippen molar-refractivity contribution in [1.82, 2.24) is 10.2 Å². The van der Waals surface area contributed by atoms with Crippen LogP contribution in [0.5, 0.6) is 5.75 Å². The number of hydrogen-bond donors (Lipinski definition) is 1. The molecule has 0 aliphatic carbocycles. The number of carbonyl (C=O) groups is 2. The molecule has 1 N–H and O–H groups in total. The summed E-state index contributed by atoms with van der Waals surface area (Å²) >= 11 is 1.66. The normalized spacial score (nSPS) is 11.6. The number of nitrogens with one attached hydrogen (secondary N) is 1. The van der Waals surface area contributed by atoms with Gasteiger partial charge in [0.05, 0.1) is 7.11 Å².